The van der Waals surface area contributed by atoms with Crippen LogP contribution < -0.4 is 68.9 Å². The van der Waals surface area contributed by atoms with Crippen LogP contribution in [0.25, 0.3) is 0 Å². The van der Waals surface area contributed by atoms with Crippen molar-refractivity contribution in [2.75, 3.05) is 6.61 Å². The third-order valence-electron chi connectivity index (χ3n) is 0.647. The van der Waals surface area contributed by atoms with Crippen molar-refractivity contribution in [2.45, 2.75) is 6.10 Å². The van der Waals surface area contributed by atoms with Gasteiger partial charge in [-0.1, -0.05) is 0 Å². The van der Waals surface area contributed by atoms with Gasteiger partial charge in [-0.2, -0.15) is 0 Å². The van der Waals surface area contributed by atoms with Crippen LogP contribution in [0.3, 0.4) is 0 Å². The quantitative estimate of drug-likeness (QED) is 0.373. The van der Waals surface area contributed by atoms with Gasteiger partial charge in [0.1, 0.15) is 7.82 Å². The van der Waals surface area contributed by atoms with Crippen molar-refractivity contribution in [3.8, 4) is 0 Å². The van der Waals surface area contributed by atoms with Gasteiger partial charge in [-0.25, -0.2) is 4.79 Å². The summed E-state index contributed by atoms with van der Waals surface area (Å²) in [6.07, 6.45) is -1.99. The third-order valence-corrected chi connectivity index (χ3v) is 1.05. The van der Waals surface area contributed by atoms with Gasteiger partial charge in [0.05, 0.1) is 6.61 Å². The van der Waals surface area contributed by atoms with Crippen LogP contribution in [0.4, 0.5) is 0 Å². The molecule has 0 aliphatic carbocycles. The molecule has 0 radical (unpaired) electrons. The average molecular weight is 320 g/mol. The van der Waals surface area contributed by atoms with Crippen LogP contribution in [-0.4, -0.2) is 56.3 Å². The van der Waals surface area contributed by atoms with Gasteiger partial charge in [0.25, 0.3) is 0 Å². The first kappa shape index (κ1) is 50.6. The van der Waals surface area contributed by atoms with E-state index in [9.17, 15) is 19.1 Å². The largest absolute Gasteiger partial charge is 1.00 e. The molecule has 0 aliphatic heterocycles. The Bertz CT molecular complexity index is 194. The van der Waals surface area contributed by atoms with Crippen LogP contribution in [0.1, 0.15) is 0 Å². The molecule has 12 N–H and O–H groups in total. The molecule has 15 heteroatoms. The second-order valence-electron chi connectivity index (χ2n) is 1.56. The number of aliphatic hydroxyl groups excluding tert-OH is 2. The van der Waals surface area contributed by atoms with Crippen LogP contribution in [0.2, 0.25) is 0 Å². The number of hydrogen-bond donors (Lipinski definition) is 2. The smallest absolute Gasteiger partial charge is 0.780 e. The second-order valence-corrected chi connectivity index (χ2v) is 2.63. The number of phosphoric ester groups is 1. The molecule has 18 heavy (non-hydrogen) atoms. The number of rotatable bonds is 3. The van der Waals surface area contributed by atoms with E-state index in [0.717, 1.165) is 0 Å². The molecule has 0 fully saturated rings. The maximum Gasteiger partial charge on any atom is 1.00 e. The van der Waals surface area contributed by atoms with Crippen molar-refractivity contribution in [3.63, 3.8) is 0 Å². The maximum atomic E-state index is 10.2. The normalized spacial score (nSPS) is 8.67. The number of carbonyl (C=O) groups is 1. The van der Waals surface area contributed by atoms with Gasteiger partial charge in [-0.15, -0.1) is 0 Å². The van der Waals surface area contributed by atoms with E-state index in [1.54, 1.807) is 0 Å². The van der Waals surface area contributed by atoms with E-state index >= 15 is 0 Å². The minimum absolute atomic E-state index is 0. The Hall–Kier alpha value is 1.34. The van der Waals surface area contributed by atoms with Crippen LogP contribution in [0.15, 0.2) is 0 Å². The van der Waals surface area contributed by atoms with Crippen molar-refractivity contribution >= 4 is 13.8 Å². The van der Waals surface area contributed by atoms with Gasteiger partial charge >= 0.3 is 65.1 Å². The zero-order chi connectivity index (χ0) is 9.07. The SMILES string of the molecule is O.O.O.O.O.O=C(OP(=O)([O-])[O-])C(O)CO.[Na+].[Na+]. The van der Waals surface area contributed by atoms with Crippen LogP contribution in [0.5, 0.6) is 0 Å². The third kappa shape index (κ3) is 30.4. The van der Waals surface area contributed by atoms with Crippen LogP contribution >= 0.6 is 7.82 Å². The first-order chi connectivity index (χ1) is 4.87. The molecule has 0 bridgehead atoms. The summed E-state index contributed by atoms with van der Waals surface area (Å²) in [5.41, 5.74) is 0. The molecule has 12 nitrogen and oxygen atoms in total. The predicted molar refractivity (Wildman–Crippen MR) is 44.9 cm³/mol. The summed E-state index contributed by atoms with van der Waals surface area (Å²) in [6, 6.07) is 0. The van der Waals surface area contributed by atoms with Crippen molar-refractivity contribution in [3.05, 3.63) is 0 Å². The number of phosphoric acid groups is 1. The Morgan fingerprint density at radius 2 is 1.39 bits per heavy atom. The molecule has 0 rings (SSSR count). The molecular weight excluding hydrogens is 305 g/mol. The molecule has 1 unspecified atom stereocenters. The molecule has 0 aromatic rings. The van der Waals surface area contributed by atoms with Crippen molar-refractivity contribution in [1.82, 2.24) is 0 Å². The van der Waals surface area contributed by atoms with Crippen molar-refractivity contribution in [1.29, 1.82) is 0 Å². The number of hydrogen-bond acceptors (Lipinski definition) is 7. The second kappa shape index (κ2) is 23.4. The Morgan fingerprint density at radius 3 is 1.56 bits per heavy atom. The summed E-state index contributed by atoms with van der Waals surface area (Å²) in [4.78, 5) is 29.6. The summed E-state index contributed by atoms with van der Waals surface area (Å²) < 4.78 is 12.9. The molecule has 0 saturated heterocycles. The minimum Gasteiger partial charge on any atom is -0.780 e. The van der Waals surface area contributed by atoms with Crippen molar-refractivity contribution < 1.29 is 120 Å². The fourth-order valence-corrected chi connectivity index (χ4v) is 0.588. The Kier molecular flexibility index (Phi) is 65.9. The minimum atomic E-state index is -5.41. The van der Waals surface area contributed by atoms with Gasteiger partial charge in [0.2, 0.25) is 0 Å². The molecule has 0 heterocycles. The first-order valence-corrected chi connectivity index (χ1v) is 3.87. The molecule has 0 aromatic heterocycles. The summed E-state index contributed by atoms with van der Waals surface area (Å²) in [5, 5.41) is 16.4. The Morgan fingerprint density at radius 1 is 1.11 bits per heavy atom. The maximum absolute atomic E-state index is 10.2. The predicted octanol–water partition coefficient (Wildman–Crippen LogP) is -13.4. The summed E-state index contributed by atoms with van der Waals surface area (Å²) in [7, 11) is -5.41. The van der Waals surface area contributed by atoms with E-state index in [4.69, 9.17) is 10.2 Å². The van der Waals surface area contributed by atoms with E-state index in [1.165, 1.54) is 0 Å². The summed E-state index contributed by atoms with van der Waals surface area (Å²) in [5.74, 6) is -1.68. The van der Waals surface area contributed by atoms with E-state index in [2.05, 4.69) is 4.52 Å². The fourth-order valence-electron chi connectivity index (χ4n) is 0.246. The van der Waals surface area contributed by atoms with E-state index in [1.807, 2.05) is 0 Å². The van der Waals surface area contributed by atoms with Gasteiger partial charge in [-0.3, -0.25) is 0 Å². The molecule has 106 valence electrons. The Balaban J connectivity index is -0.0000000238. The van der Waals surface area contributed by atoms with E-state index < -0.39 is 26.5 Å². The van der Waals surface area contributed by atoms with Gasteiger partial charge in [0.15, 0.2) is 6.10 Å². The molecule has 0 spiro atoms. The van der Waals surface area contributed by atoms with Gasteiger partial charge < -0.3 is 56.5 Å². The number of carbonyl (C=O) groups excluding carboxylic acids is 1. The zero-order valence-electron chi connectivity index (χ0n) is 9.67. The standard InChI is InChI=1S/C3H7O7P.2Na.5H2O/c4-1-2(5)3(6)10-11(7,8)9;;;;;;;/h2,4-5H,1H2,(H2,7,8,9);;;5*1H2/q;2*+1;;;;;/p-2. The first-order valence-electron chi connectivity index (χ1n) is 2.41. The van der Waals surface area contributed by atoms with Gasteiger partial charge in [-0.05, 0) is 0 Å². The monoisotopic (exact) mass is 320 g/mol. The van der Waals surface area contributed by atoms with Crippen LogP contribution in [0, 0.1) is 0 Å². The van der Waals surface area contributed by atoms with E-state index in [0.29, 0.717) is 0 Å². The molecule has 0 aliphatic rings. The summed E-state index contributed by atoms with van der Waals surface area (Å²) in [6.45, 7) is -1.00. The van der Waals surface area contributed by atoms with Crippen molar-refractivity contribution in [2.24, 2.45) is 0 Å². The average Bonchev–Trinajstić information content (AvgIpc) is 1.82. The summed E-state index contributed by atoms with van der Waals surface area (Å²) >= 11 is 0. The van der Waals surface area contributed by atoms with Crippen LogP contribution in [-0.2, 0) is 13.9 Å². The fraction of sp³-hybridized carbons (Fsp3) is 0.667. The molecule has 0 saturated carbocycles. The van der Waals surface area contributed by atoms with E-state index in [-0.39, 0.29) is 86.5 Å². The Labute approximate surface area is 146 Å². The topological polar surface area (TPSA) is 287 Å². The van der Waals surface area contributed by atoms with Gasteiger partial charge in [0, 0.05) is 0 Å². The molecule has 1 atom stereocenters. The molecule has 0 aromatic carbocycles. The number of aliphatic hydroxyl groups is 2. The molecule has 0 amide bonds. The zero-order valence-corrected chi connectivity index (χ0v) is 14.6. The molecular formula is C3H15Na2O12P.